The van der Waals surface area contributed by atoms with Crippen LogP contribution in [0.1, 0.15) is 12.8 Å². The molecule has 8 N–H and O–H groups in total. The zero-order chi connectivity index (χ0) is 23.6. The van der Waals surface area contributed by atoms with E-state index in [-0.39, 0.29) is 12.8 Å². The molecule has 0 aromatic carbocycles. The van der Waals surface area contributed by atoms with Crippen molar-refractivity contribution in [2.75, 3.05) is 11.5 Å². The number of rotatable bonds is 10. The van der Waals surface area contributed by atoms with Gasteiger partial charge in [-0.3, -0.25) is 9.59 Å². The van der Waals surface area contributed by atoms with Crippen molar-refractivity contribution in [2.45, 2.75) is 12.8 Å². The zero-order valence-electron chi connectivity index (χ0n) is 14.4. The highest BCUT2D eigenvalue weighted by molar-refractivity contribution is 7.99. The molecule has 0 saturated carbocycles. The molecule has 14 nitrogen and oxygen atoms in total. The molecule has 0 heterocycles. The molecular formula is C14H18O14S. The summed E-state index contributed by atoms with van der Waals surface area (Å²) in [5, 5.41) is 64.2. The minimum atomic E-state index is -1.89. The van der Waals surface area contributed by atoms with Crippen molar-refractivity contribution < 1.29 is 69.6 Å². The Balaban J connectivity index is -0.000000354. The summed E-state index contributed by atoms with van der Waals surface area (Å²) in [5.41, 5.74) is 0. The Morgan fingerprint density at radius 1 is 0.552 bits per heavy atom. The number of aliphatic carboxylic acids is 6. The number of carboxylic acids is 6. The largest absolute Gasteiger partial charge is 0.499 e. The Kier molecular flexibility index (Phi) is 18.3. The van der Waals surface area contributed by atoms with Gasteiger partial charge in [-0.25, -0.2) is 19.2 Å². The van der Waals surface area contributed by atoms with Crippen molar-refractivity contribution in [1.29, 1.82) is 0 Å². The van der Waals surface area contributed by atoms with Crippen LogP contribution in [-0.4, -0.2) is 88.2 Å². The summed E-state index contributed by atoms with van der Waals surface area (Å²) >= 11 is 1.35. The number of hydrogen-bond acceptors (Lipinski definition) is 9. The fourth-order valence-electron chi connectivity index (χ4n) is 0.766. The highest BCUT2D eigenvalue weighted by Crippen LogP contribution is 2.03. The third kappa shape index (κ3) is 26.6. The van der Waals surface area contributed by atoms with Gasteiger partial charge in [0.15, 0.2) is 0 Å². The Bertz CT molecular complexity index is 609. The molecule has 0 aromatic rings. The second kappa shape index (κ2) is 17.7. The fraction of sp³-hybridized carbons (Fsp3) is 0.286. The third-order valence-electron chi connectivity index (χ3n) is 1.92. The summed E-state index contributed by atoms with van der Waals surface area (Å²) < 4.78 is 0. The minimum absolute atomic E-state index is 0.101. The summed E-state index contributed by atoms with van der Waals surface area (Å²) in [6.45, 7) is 0. The third-order valence-corrected chi connectivity index (χ3v) is 2.90. The molecule has 0 amide bonds. The molecule has 0 unspecified atom stereocenters. The van der Waals surface area contributed by atoms with E-state index in [4.69, 9.17) is 40.9 Å². The first-order valence-electron chi connectivity index (χ1n) is 6.96. The first-order chi connectivity index (χ1) is 13.2. The summed E-state index contributed by atoms with van der Waals surface area (Å²) in [4.78, 5) is 58.5. The van der Waals surface area contributed by atoms with Crippen LogP contribution in [0.15, 0.2) is 23.7 Å². The molecule has 0 radical (unpaired) electrons. The lowest BCUT2D eigenvalue weighted by molar-refractivity contribution is -0.140. The lowest BCUT2D eigenvalue weighted by Gasteiger charge is -1.94. The summed E-state index contributed by atoms with van der Waals surface area (Å²) in [7, 11) is 0. The molecule has 0 saturated heterocycles. The molecule has 0 fully saturated rings. The van der Waals surface area contributed by atoms with Crippen LogP contribution in [-0.2, 0) is 28.8 Å². The predicted octanol–water partition coefficient (Wildman–Crippen LogP) is -0.136. The number of aliphatic hydroxyl groups excluding tert-OH is 2. The molecular weight excluding hydrogens is 424 g/mol. The van der Waals surface area contributed by atoms with Gasteiger partial charge in [0.25, 0.3) is 11.5 Å². The van der Waals surface area contributed by atoms with Gasteiger partial charge in [0.1, 0.15) is 0 Å². The Morgan fingerprint density at radius 3 is 1.00 bits per heavy atom. The number of carboxylic acid groups (broad SMARTS) is 6. The molecule has 0 spiro atoms. The number of hydrogen-bond donors (Lipinski definition) is 8. The van der Waals surface area contributed by atoms with Gasteiger partial charge in [0, 0.05) is 23.7 Å². The summed E-state index contributed by atoms with van der Waals surface area (Å²) in [5.74, 6) is -10.1. The van der Waals surface area contributed by atoms with Gasteiger partial charge in [-0.1, -0.05) is 0 Å². The number of carbonyl (C=O) groups is 6. The molecule has 0 aromatic heterocycles. The second-order valence-corrected chi connectivity index (χ2v) is 5.44. The van der Waals surface area contributed by atoms with E-state index >= 15 is 0 Å². The van der Waals surface area contributed by atoms with E-state index in [2.05, 4.69) is 0 Å². The topological polar surface area (TPSA) is 264 Å². The van der Waals surface area contributed by atoms with Crippen LogP contribution >= 0.6 is 11.8 Å². The van der Waals surface area contributed by atoms with Gasteiger partial charge < -0.3 is 40.9 Å². The number of aliphatic hydroxyl groups is 2. The van der Waals surface area contributed by atoms with Gasteiger partial charge in [-0.2, -0.15) is 11.8 Å². The van der Waals surface area contributed by atoms with Crippen LogP contribution in [0.3, 0.4) is 0 Å². The maximum absolute atomic E-state index is 9.97. The van der Waals surface area contributed by atoms with Crippen molar-refractivity contribution in [3.05, 3.63) is 23.7 Å². The SMILES string of the molecule is O=C(O)/C(O)=C(/O)C(=O)O.O=C(O)/C=C/C(=O)O.O=C(O)CCSCCC(=O)O. The molecule has 0 aliphatic rings. The molecule has 0 aliphatic carbocycles. The average molecular weight is 442 g/mol. The van der Waals surface area contributed by atoms with Crippen molar-refractivity contribution in [3.8, 4) is 0 Å². The molecule has 0 aliphatic heterocycles. The van der Waals surface area contributed by atoms with E-state index < -0.39 is 47.3 Å². The zero-order valence-corrected chi connectivity index (χ0v) is 15.2. The maximum Gasteiger partial charge on any atom is 0.375 e. The normalized spacial score (nSPS) is 10.3. The van der Waals surface area contributed by atoms with Crippen molar-refractivity contribution >= 4 is 47.6 Å². The summed E-state index contributed by atoms with van der Waals surface area (Å²) in [6.07, 6.45) is 1.32. The molecule has 15 heteroatoms. The van der Waals surface area contributed by atoms with Gasteiger partial charge in [0.2, 0.25) is 0 Å². The van der Waals surface area contributed by atoms with Gasteiger partial charge >= 0.3 is 35.8 Å². The van der Waals surface area contributed by atoms with Crippen molar-refractivity contribution in [2.24, 2.45) is 0 Å². The van der Waals surface area contributed by atoms with E-state index in [9.17, 15) is 28.8 Å². The molecule has 0 rings (SSSR count). The van der Waals surface area contributed by atoms with Crippen LogP contribution < -0.4 is 0 Å². The fourth-order valence-corrected chi connectivity index (χ4v) is 1.61. The molecule has 164 valence electrons. The number of thioether (sulfide) groups is 1. The Morgan fingerprint density at radius 2 is 0.828 bits per heavy atom. The van der Waals surface area contributed by atoms with Gasteiger partial charge in [0.05, 0.1) is 12.8 Å². The van der Waals surface area contributed by atoms with Crippen LogP contribution in [0.2, 0.25) is 0 Å². The van der Waals surface area contributed by atoms with E-state index in [0.717, 1.165) is 0 Å². The second-order valence-electron chi connectivity index (χ2n) is 4.22. The van der Waals surface area contributed by atoms with Crippen LogP contribution in [0.5, 0.6) is 0 Å². The van der Waals surface area contributed by atoms with Gasteiger partial charge in [-0.15, -0.1) is 0 Å². The predicted molar refractivity (Wildman–Crippen MR) is 93.8 cm³/mol. The minimum Gasteiger partial charge on any atom is -0.499 e. The van der Waals surface area contributed by atoms with Gasteiger partial charge in [-0.05, 0) is 0 Å². The average Bonchev–Trinajstić information content (AvgIpc) is 2.58. The lowest BCUT2D eigenvalue weighted by atomic mass is 10.4. The quantitative estimate of drug-likeness (QED) is 0.124. The molecule has 29 heavy (non-hydrogen) atoms. The monoisotopic (exact) mass is 442 g/mol. The van der Waals surface area contributed by atoms with E-state index in [0.29, 0.717) is 23.7 Å². The van der Waals surface area contributed by atoms with Crippen LogP contribution in [0.4, 0.5) is 0 Å². The molecule has 0 atom stereocenters. The smallest absolute Gasteiger partial charge is 0.375 e. The standard InChI is InChI=1S/C6H10O4S.C4H4O6.C4H4O4/c7-5(8)1-3-11-4-2-6(9)10;5-1(3(7)8)2(6)4(9)10;5-3(6)1-2-4(7)8/h1-4H2,(H,7,8)(H,9,10);5-6H,(H,7,8)(H,9,10);1-2H,(H,5,6)(H,7,8)/b;2-1-;2-1+. The van der Waals surface area contributed by atoms with Crippen LogP contribution in [0, 0.1) is 0 Å². The highest BCUT2D eigenvalue weighted by Gasteiger charge is 2.17. The van der Waals surface area contributed by atoms with E-state index in [1.165, 1.54) is 11.8 Å². The lowest BCUT2D eigenvalue weighted by Crippen LogP contribution is -2.10. The van der Waals surface area contributed by atoms with E-state index in [1.54, 1.807) is 0 Å². The highest BCUT2D eigenvalue weighted by atomic mass is 32.2. The Hall–Kier alpha value is -3.75. The van der Waals surface area contributed by atoms with Crippen LogP contribution in [0.25, 0.3) is 0 Å². The first kappa shape index (κ1) is 30.0. The van der Waals surface area contributed by atoms with Crippen molar-refractivity contribution in [3.63, 3.8) is 0 Å². The van der Waals surface area contributed by atoms with E-state index in [1.807, 2.05) is 0 Å². The maximum atomic E-state index is 9.97. The van der Waals surface area contributed by atoms with Crippen molar-refractivity contribution in [1.82, 2.24) is 0 Å². The Labute approximate surface area is 166 Å². The molecule has 0 bridgehead atoms. The first-order valence-corrected chi connectivity index (χ1v) is 8.11. The summed E-state index contributed by atoms with van der Waals surface area (Å²) in [6, 6.07) is 0.